The van der Waals surface area contributed by atoms with Crippen molar-refractivity contribution in [3.8, 4) is 0 Å². The normalized spacial score (nSPS) is 31.6. The van der Waals surface area contributed by atoms with Gasteiger partial charge in [-0.2, -0.15) is 0 Å². The molecular weight excluding hydrogens is 434 g/mol. The molecule has 7 nitrogen and oxygen atoms in total. The summed E-state index contributed by atoms with van der Waals surface area (Å²) in [5, 5.41) is 12.0. The van der Waals surface area contributed by atoms with Crippen molar-refractivity contribution in [3.63, 3.8) is 0 Å². The molecule has 4 unspecified atom stereocenters. The predicted octanol–water partition coefficient (Wildman–Crippen LogP) is 3.58. The summed E-state index contributed by atoms with van der Waals surface area (Å²) in [5.74, 6) is -2.45. The molecule has 1 N–H and O–H groups in total. The summed E-state index contributed by atoms with van der Waals surface area (Å²) < 4.78 is 11.3. The lowest BCUT2D eigenvalue weighted by Crippen LogP contribution is -2.71. The van der Waals surface area contributed by atoms with Crippen LogP contribution in [0.15, 0.2) is 60.7 Å². The average molecular weight is 464 g/mol. The number of carbonyl (C=O) groups excluding carboxylic acids is 3. The third-order valence-electron chi connectivity index (χ3n) is 7.39. The lowest BCUT2D eigenvalue weighted by atomic mass is 9.68. The Kier molecular flexibility index (Phi) is 5.09. The molecule has 2 aromatic carbocycles. The Morgan fingerprint density at radius 2 is 1.65 bits per heavy atom. The summed E-state index contributed by atoms with van der Waals surface area (Å²) >= 11 is 0. The number of esters is 1. The fourth-order valence-corrected chi connectivity index (χ4v) is 6.10. The molecule has 0 spiro atoms. The minimum absolute atomic E-state index is 0.0145. The maximum Gasteiger partial charge on any atom is 0.411 e. The minimum Gasteiger partial charge on any atom is -0.458 e. The van der Waals surface area contributed by atoms with Gasteiger partial charge in [0.15, 0.2) is 5.78 Å². The van der Waals surface area contributed by atoms with Crippen LogP contribution in [-0.4, -0.2) is 45.0 Å². The van der Waals surface area contributed by atoms with Gasteiger partial charge in [-0.25, -0.2) is 9.59 Å². The number of nitrogens with zero attached hydrogens (tertiary/aromatic N) is 1. The molecule has 2 saturated carbocycles. The second-order valence-electron chi connectivity index (χ2n) is 10.5. The van der Waals surface area contributed by atoms with E-state index in [0.717, 1.165) is 5.56 Å². The number of rotatable bonds is 4. The van der Waals surface area contributed by atoms with Crippen LogP contribution in [0.5, 0.6) is 0 Å². The smallest absolute Gasteiger partial charge is 0.411 e. The molecular formula is C27H29NO6. The maximum absolute atomic E-state index is 13.9. The second-order valence-corrected chi connectivity index (χ2v) is 10.5. The van der Waals surface area contributed by atoms with Crippen molar-refractivity contribution in [1.82, 2.24) is 4.90 Å². The number of amides is 1. The highest BCUT2D eigenvalue weighted by atomic mass is 16.6. The van der Waals surface area contributed by atoms with Crippen LogP contribution in [0, 0.1) is 11.8 Å². The third-order valence-corrected chi connectivity index (χ3v) is 7.39. The van der Waals surface area contributed by atoms with E-state index in [9.17, 15) is 19.5 Å². The lowest BCUT2D eigenvalue weighted by Gasteiger charge is -2.50. The van der Waals surface area contributed by atoms with Crippen LogP contribution < -0.4 is 0 Å². The number of carbonyl (C=O) groups is 3. The first-order valence-corrected chi connectivity index (χ1v) is 11.7. The van der Waals surface area contributed by atoms with Gasteiger partial charge in [-0.1, -0.05) is 60.7 Å². The molecule has 0 radical (unpaired) electrons. The first kappa shape index (κ1) is 22.6. The first-order chi connectivity index (χ1) is 16.1. The number of hydrogen-bond acceptors (Lipinski definition) is 6. The van der Waals surface area contributed by atoms with E-state index in [2.05, 4.69) is 0 Å². The van der Waals surface area contributed by atoms with Gasteiger partial charge in [-0.05, 0) is 44.7 Å². The lowest BCUT2D eigenvalue weighted by molar-refractivity contribution is -0.183. The zero-order valence-electron chi connectivity index (χ0n) is 19.6. The molecule has 0 aromatic heterocycles. The van der Waals surface area contributed by atoms with Crippen LogP contribution in [0.1, 0.15) is 44.7 Å². The quantitative estimate of drug-likeness (QED) is 0.550. The zero-order valence-corrected chi connectivity index (χ0v) is 19.6. The number of ether oxygens (including phenoxy) is 2. The number of Topliss-reactive ketones (excluding diaryl/α,β-unsaturated/α-hetero) is 1. The van der Waals surface area contributed by atoms with Gasteiger partial charge in [0, 0.05) is 5.92 Å². The Labute approximate surface area is 198 Å². The van der Waals surface area contributed by atoms with Crippen LogP contribution in [0.3, 0.4) is 0 Å². The fraction of sp³-hybridized carbons (Fsp3) is 0.444. The van der Waals surface area contributed by atoms with Crippen LogP contribution >= 0.6 is 0 Å². The highest BCUT2D eigenvalue weighted by Crippen LogP contribution is 2.64. The molecule has 1 amide bonds. The van der Waals surface area contributed by atoms with E-state index in [0.29, 0.717) is 18.4 Å². The summed E-state index contributed by atoms with van der Waals surface area (Å²) in [6.45, 7) is 5.16. The average Bonchev–Trinajstić information content (AvgIpc) is 3.25. The molecule has 4 fully saturated rings. The van der Waals surface area contributed by atoms with Gasteiger partial charge in [-0.15, -0.1) is 0 Å². The van der Waals surface area contributed by atoms with E-state index < -0.39 is 52.5 Å². The molecule has 5 atom stereocenters. The van der Waals surface area contributed by atoms with E-state index in [1.807, 2.05) is 36.4 Å². The van der Waals surface area contributed by atoms with Crippen LogP contribution in [-0.2, 0) is 31.3 Å². The molecule has 2 saturated heterocycles. The van der Waals surface area contributed by atoms with E-state index in [4.69, 9.17) is 9.47 Å². The maximum atomic E-state index is 13.9. The van der Waals surface area contributed by atoms with Gasteiger partial charge < -0.3 is 14.6 Å². The van der Waals surface area contributed by atoms with Crippen molar-refractivity contribution in [2.45, 2.75) is 63.0 Å². The van der Waals surface area contributed by atoms with Crippen molar-refractivity contribution in [3.05, 3.63) is 71.8 Å². The van der Waals surface area contributed by atoms with Gasteiger partial charge in [0.1, 0.15) is 17.8 Å². The molecule has 4 bridgehead atoms. The Morgan fingerprint density at radius 3 is 2.26 bits per heavy atom. The highest BCUT2D eigenvalue weighted by molar-refractivity contribution is 6.15. The monoisotopic (exact) mass is 463 g/mol. The van der Waals surface area contributed by atoms with Crippen molar-refractivity contribution >= 4 is 17.8 Å². The van der Waals surface area contributed by atoms with Gasteiger partial charge >= 0.3 is 12.1 Å². The van der Waals surface area contributed by atoms with Crippen LogP contribution in [0.25, 0.3) is 0 Å². The van der Waals surface area contributed by atoms with Gasteiger partial charge in [0.05, 0.1) is 12.0 Å². The molecule has 2 aliphatic carbocycles. The van der Waals surface area contributed by atoms with Crippen molar-refractivity contribution < 1.29 is 29.0 Å². The van der Waals surface area contributed by atoms with Crippen molar-refractivity contribution in [2.24, 2.45) is 11.8 Å². The summed E-state index contributed by atoms with van der Waals surface area (Å²) in [5.41, 5.74) is -2.90. The molecule has 4 aliphatic rings. The largest absolute Gasteiger partial charge is 0.458 e. The summed E-state index contributed by atoms with van der Waals surface area (Å²) in [4.78, 5) is 42.3. The SMILES string of the molecule is CC(C)(C)OC(=O)C12C(=O)C3CC1CC(N2C(=O)OCc1ccccc1)[C@]3(O)c1ccccc1. The third kappa shape index (κ3) is 3.10. The Hall–Kier alpha value is -3.19. The highest BCUT2D eigenvalue weighted by Gasteiger charge is 2.81. The molecule has 34 heavy (non-hydrogen) atoms. The predicted molar refractivity (Wildman–Crippen MR) is 122 cm³/mol. The topological polar surface area (TPSA) is 93.1 Å². The van der Waals surface area contributed by atoms with Crippen LogP contribution in [0.4, 0.5) is 4.79 Å². The number of benzene rings is 2. The first-order valence-electron chi connectivity index (χ1n) is 11.7. The van der Waals surface area contributed by atoms with Gasteiger partial charge in [-0.3, -0.25) is 9.69 Å². The molecule has 178 valence electrons. The zero-order chi connectivity index (χ0) is 24.3. The summed E-state index contributed by atoms with van der Waals surface area (Å²) in [6, 6.07) is 17.3. The number of piperidine rings is 1. The number of hydrogen-bond donors (Lipinski definition) is 1. The van der Waals surface area contributed by atoms with Crippen molar-refractivity contribution in [1.29, 1.82) is 0 Å². The molecule has 2 aliphatic heterocycles. The Bertz CT molecular complexity index is 1130. The Balaban J connectivity index is 1.57. The van der Waals surface area contributed by atoms with E-state index in [-0.39, 0.29) is 6.61 Å². The van der Waals surface area contributed by atoms with Crippen molar-refractivity contribution in [2.75, 3.05) is 0 Å². The van der Waals surface area contributed by atoms with Gasteiger partial charge in [0.25, 0.3) is 0 Å². The molecule has 7 heteroatoms. The number of ketones is 1. The summed E-state index contributed by atoms with van der Waals surface area (Å²) in [6.07, 6.45) is -0.180. The minimum atomic E-state index is -1.78. The fourth-order valence-electron chi connectivity index (χ4n) is 6.10. The number of aliphatic hydroxyl groups is 1. The van der Waals surface area contributed by atoms with E-state index in [1.54, 1.807) is 45.0 Å². The Morgan fingerprint density at radius 1 is 1.03 bits per heavy atom. The standard InChI is InChI=1S/C27H29NO6/c1-25(2,3)34-23(30)26-19-14-20(22(26)29)27(32,18-12-8-5-9-13-18)21(15-19)28(26)24(31)33-16-17-10-6-4-7-11-17/h4-13,19-21,32H,14-16H2,1-3H3/t19?,20?,21?,26?,27-/m0/s1. The molecule has 6 rings (SSSR count). The molecule has 2 aromatic rings. The van der Waals surface area contributed by atoms with E-state index >= 15 is 0 Å². The molecule has 2 heterocycles. The van der Waals surface area contributed by atoms with Crippen LogP contribution in [0.2, 0.25) is 0 Å². The summed E-state index contributed by atoms with van der Waals surface area (Å²) in [7, 11) is 0. The second kappa shape index (κ2) is 7.67. The van der Waals surface area contributed by atoms with Gasteiger partial charge in [0.2, 0.25) is 5.54 Å². The van der Waals surface area contributed by atoms with E-state index in [1.165, 1.54) is 4.90 Å².